The molecule has 3 N–H and O–H groups in total. The summed E-state index contributed by atoms with van der Waals surface area (Å²) in [5, 5.41) is 16.9. The summed E-state index contributed by atoms with van der Waals surface area (Å²) in [6.45, 7) is 3.30. The lowest BCUT2D eigenvalue weighted by Crippen LogP contribution is -2.60. The second-order valence-corrected chi connectivity index (χ2v) is 8.49. The van der Waals surface area contributed by atoms with Gasteiger partial charge in [-0.05, 0) is 48.4 Å². The highest BCUT2D eigenvalue weighted by molar-refractivity contribution is 6.08. The molecule has 1 fully saturated rings. The number of ether oxygens (including phenoxy) is 1. The van der Waals surface area contributed by atoms with Gasteiger partial charge in [0.2, 0.25) is 5.91 Å². The smallest absolute Gasteiger partial charge is 0.252 e. The fourth-order valence-corrected chi connectivity index (χ4v) is 3.99. The molecule has 170 valence electrons. The van der Waals surface area contributed by atoms with Gasteiger partial charge in [0.1, 0.15) is 23.9 Å². The Morgan fingerprint density at radius 3 is 2.48 bits per heavy atom. The van der Waals surface area contributed by atoms with Crippen molar-refractivity contribution in [3.63, 3.8) is 0 Å². The van der Waals surface area contributed by atoms with E-state index in [4.69, 9.17) is 4.74 Å². The van der Waals surface area contributed by atoms with Crippen LogP contribution in [-0.4, -0.2) is 47.0 Å². The van der Waals surface area contributed by atoms with Crippen LogP contribution in [0.25, 0.3) is 10.8 Å². The molecule has 1 heterocycles. The summed E-state index contributed by atoms with van der Waals surface area (Å²) < 4.78 is 5.41. The molecule has 1 saturated heterocycles. The zero-order valence-corrected chi connectivity index (χ0v) is 18.5. The first-order valence-electron chi connectivity index (χ1n) is 10.8. The third-order valence-corrected chi connectivity index (χ3v) is 6.27. The van der Waals surface area contributed by atoms with E-state index in [-0.39, 0.29) is 24.6 Å². The van der Waals surface area contributed by atoms with Crippen LogP contribution in [-0.2, 0) is 20.7 Å². The average Bonchev–Trinajstić information content (AvgIpc) is 3.06. The molecule has 0 aromatic heterocycles. The van der Waals surface area contributed by atoms with Gasteiger partial charge in [-0.25, -0.2) is 0 Å². The van der Waals surface area contributed by atoms with E-state index in [0.29, 0.717) is 5.56 Å². The Bertz CT molecular complexity index is 1200. The van der Waals surface area contributed by atoms with Crippen LogP contribution in [0.1, 0.15) is 29.8 Å². The van der Waals surface area contributed by atoms with E-state index in [1.54, 1.807) is 38.1 Å². The number of rotatable bonds is 6. The second kappa shape index (κ2) is 9.03. The number of carbonyl (C=O) groups excluding carboxylic acids is 3. The zero-order valence-electron chi connectivity index (χ0n) is 18.5. The van der Waals surface area contributed by atoms with Crippen molar-refractivity contribution in [2.45, 2.75) is 38.0 Å². The Balaban J connectivity index is 1.62. The zero-order chi connectivity index (χ0) is 23.6. The molecule has 7 heteroatoms. The molecule has 7 nitrogen and oxygen atoms in total. The predicted octanol–water partition coefficient (Wildman–Crippen LogP) is 2.75. The van der Waals surface area contributed by atoms with Crippen LogP contribution in [0.15, 0.2) is 66.7 Å². The maximum Gasteiger partial charge on any atom is 0.252 e. The molecule has 0 saturated carbocycles. The standard InChI is InChI=1S/C26H26N2O5/c1-16-26(2,23(30)15-33-16)28-25(32)22(14-17-10-12-19(29)13-11-17)27-24(31)21-9-5-7-18-6-3-4-8-20(18)21/h3-13,16,22,29H,14-15H2,1-2H3,(H,27,31)(H,28,32)/t16-,22?,26-/m1/s1. The van der Waals surface area contributed by atoms with Crippen LogP contribution >= 0.6 is 0 Å². The highest BCUT2D eigenvalue weighted by Crippen LogP contribution is 2.23. The number of fused-ring (bicyclic) bond motifs is 1. The predicted molar refractivity (Wildman–Crippen MR) is 124 cm³/mol. The number of phenols is 1. The van der Waals surface area contributed by atoms with E-state index >= 15 is 0 Å². The highest BCUT2D eigenvalue weighted by atomic mass is 16.5. The first-order valence-corrected chi connectivity index (χ1v) is 10.8. The summed E-state index contributed by atoms with van der Waals surface area (Å²) >= 11 is 0. The van der Waals surface area contributed by atoms with Gasteiger partial charge in [0, 0.05) is 12.0 Å². The van der Waals surface area contributed by atoms with E-state index in [1.807, 2.05) is 30.3 Å². The molecule has 3 aromatic carbocycles. The van der Waals surface area contributed by atoms with Gasteiger partial charge in [-0.1, -0.05) is 48.5 Å². The molecule has 1 aliphatic heterocycles. The molecular weight excluding hydrogens is 420 g/mol. The van der Waals surface area contributed by atoms with Crippen molar-refractivity contribution in [3.8, 4) is 5.75 Å². The molecule has 1 aliphatic rings. The van der Waals surface area contributed by atoms with Gasteiger partial charge < -0.3 is 20.5 Å². The van der Waals surface area contributed by atoms with Gasteiger partial charge in [-0.2, -0.15) is 0 Å². The fraction of sp³-hybridized carbons (Fsp3) is 0.269. The number of ketones is 1. The lowest BCUT2D eigenvalue weighted by atomic mass is 9.92. The molecule has 0 aliphatic carbocycles. The van der Waals surface area contributed by atoms with Crippen LogP contribution in [0, 0.1) is 0 Å². The Labute approximate surface area is 191 Å². The lowest BCUT2D eigenvalue weighted by Gasteiger charge is -2.30. The Kier molecular flexibility index (Phi) is 6.16. The molecule has 2 amide bonds. The highest BCUT2D eigenvalue weighted by Gasteiger charge is 2.47. The Morgan fingerprint density at radius 1 is 1.09 bits per heavy atom. The van der Waals surface area contributed by atoms with E-state index in [9.17, 15) is 19.5 Å². The lowest BCUT2D eigenvalue weighted by molar-refractivity contribution is -0.130. The van der Waals surface area contributed by atoms with Gasteiger partial charge >= 0.3 is 0 Å². The van der Waals surface area contributed by atoms with Crippen LogP contribution in [0.4, 0.5) is 0 Å². The van der Waals surface area contributed by atoms with Crippen LogP contribution in [0.3, 0.4) is 0 Å². The third-order valence-electron chi connectivity index (χ3n) is 6.27. The number of hydrogen-bond donors (Lipinski definition) is 3. The summed E-state index contributed by atoms with van der Waals surface area (Å²) in [5.74, 6) is -0.982. The first kappa shape index (κ1) is 22.5. The van der Waals surface area contributed by atoms with Gasteiger partial charge in [0.05, 0.1) is 6.10 Å². The van der Waals surface area contributed by atoms with Crippen molar-refractivity contribution in [1.29, 1.82) is 0 Å². The number of benzene rings is 3. The topological polar surface area (TPSA) is 105 Å². The maximum atomic E-state index is 13.3. The van der Waals surface area contributed by atoms with Crippen molar-refractivity contribution in [2.75, 3.05) is 6.61 Å². The largest absolute Gasteiger partial charge is 0.508 e. The van der Waals surface area contributed by atoms with Crippen molar-refractivity contribution in [1.82, 2.24) is 10.6 Å². The first-order chi connectivity index (χ1) is 15.8. The van der Waals surface area contributed by atoms with Gasteiger partial charge in [0.25, 0.3) is 5.91 Å². The Morgan fingerprint density at radius 2 is 1.79 bits per heavy atom. The number of hydrogen-bond acceptors (Lipinski definition) is 5. The monoisotopic (exact) mass is 446 g/mol. The van der Waals surface area contributed by atoms with E-state index in [2.05, 4.69) is 10.6 Å². The van der Waals surface area contributed by atoms with Crippen molar-refractivity contribution in [2.24, 2.45) is 0 Å². The number of aromatic hydroxyl groups is 1. The molecule has 33 heavy (non-hydrogen) atoms. The molecule has 1 unspecified atom stereocenters. The molecule has 0 spiro atoms. The minimum atomic E-state index is -1.17. The summed E-state index contributed by atoms with van der Waals surface area (Å²) in [6, 6.07) is 18.4. The van der Waals surface area contributed by atoms with E-state index < -0.39 is 29.5 Å². The number of carbonyl (C=O) groups is 3. The number of phenolic OH excluding ortho intramolecular Hbond substituents is 1. The number of Topliss-reactive ketones (excluding diaryl/α,β-unsaturated/α-hetero) is 1. The molecular formula is C26H26N2O5. The van der Waals surface area contributed by atoms with Gasteiger partial charge in [-0.15, -0.1) is 0 Å². The van der Waals surface area contributed by atoms with Crippen LogP contribution < -0.4 is 10.6 Å². The fourth-order valence-electron chi connectivity index (χ4n) is 3.99. The molecule has 3 aromatic rings. The average molecular weight is 447 g/mol. The summed E-state index contributed by atoms with van der Waals surface area (Å²) in [5.41, 5.74) is 0.0314. The van der Waals surface area contributed by atoms with Crippen molar-refractivity contribution < 1.29 is 24.2 Å². The third kappa shape index (κ3) is 4.59. The van der Waals surface area contributed by atoms with Crippen molar-refractivity contribution >= 4 is 28.4 Å². The van der Waals surface area contributed by atoms with Crippen LogP contribution in [0.5, 0.6) is 5.75 Å². The number of nitrogens with one attached hydrogen (secondary N) is 2. The minimum absolute atomic E-state index is 0.0665. The summed E-state index contributed by atoms with van der Waals surface area (Å²) in [4.78, 5) is 39.0. The molecule has 3 atom stereocenters. The second-order valence-electron chi connectivity index (χ2n) is 8.49. The van der Waals surface area contributed by atoms with Crippen LogP contribution in [0.2, 0.25) is 0 Å². The summed E-state index contributed by atoms with van der Waals surface area (Å²) in [6.07, 6.45) is -0.306. The molecule has 0 radical (unpaired) electrons. The maximum absolute atomic E-state index is 13.3. The van der Waals surface area contributed by atoms with Gasteiger partial charge in [-0.3, -0.25) is 14.4 Å². The summed E-state index contributed by atoms with van der Waals surface area (Å²) in [7, 11) is 0. The number of amides is 2. The van der Waals surface area contributed by atoms with E-state index in [0.717, 1.165) is 16.3 Å². The quantitative estimate of drug-likeness (QED) is 0.540. The molecule has 4 rings (SSSR count). The SMILES string of the molecule is C[C@H]1OCC(=O)[C@]1(C)NC(=O)C(Cc1ccc(O)cc1)NC(=O)c1cccc2ccccc12. The normalized spacial score (nSPS) is 21.0. The molecule has 0 bridgehead atoms. The van der Waals surface area contributed by atoms with Gasteiger partial charge in [0.15, 0.2) is 5.78 Å². The Hall–Kier alpha value is -3.71. The minimum Gasteiger partial charge on any atom is -0.508 e. The van der Waals surface area contributed by atoms with Crippen molar-refractivity contribution in [3.05, 3.63) is 77.9 Å². The van der Waals surface area contributed by atoms with E-state index in [1.165, 1.54) is 12.1 Å².